The molecule has 2 aliphatic heterocycles. The van der Waals surface area contributed by atoms with E-state index in [2.05, 4.69) is 4.90 Å². The highest BCUT2D eigenvalue weighted by Gasteiger charge is 2.28. The minimum Gasteiger partial charge on any atom is -0.339 e. The van der Waals surface area contributed by atoms with Gasteiger partial charge in [0.25, 0.3) is 5.91 Å². The average molecular weight is 360 g/mol. The van der Waals surface area contributed by atoms with E-state index in [0.717, 1.165) is 37.1 Å². The number of nitrogens with two attached hydrogens (primary N) is 1. The summed E-state index contributed by atoms with van der Waals surface area (Å²) in [6.45, 7) is 4.80. The number of halogens is 2. The van der Waals surface area contributed by atoms with E-state index < -0.39 is 0 Å². The normalized spacial score (nSPS) is 19.1. The second-order valence-electron chi connectivity index (χ2n) is 6.17. The van der Waals surface area contributed by atoms with Crippen molar-refractivity contribution in [3.8, 4) is 0 Å². The molecule has 1 amide bonds. The van der Waals surface area contributed by atoms with Gasteiger partial charge in [-0.25, -0.2) is 0 Å². The molecule has 0 atom stereocenters. The molecule has 4 nitrogen and oxygen atoms in total. The summed E-state index contributed by atoms with van der Waals surface area (Å²) < 4.78 is 0. The zero-order valence-corrected chi connectivity index (χ0v) is 15.1. The molecule has 1 aromatic rings. The highest BCUT2D eigenvalue weighted by atomic mass is 35.5. The number of amides is 1. The maximum atomic E-state index is 12.5. The molecule has 130 valence electrons. The fourth-order valence-electron chi connectivity index (χ4n) is 3.51. The van der Waals surface area contributed by atoms with Crippen molar-refractivity contribution in [1.29, 1.82) is 0 Å². The Morgan fingerprint density at radius 3 is 2.09 bits per heavy atom. The summed E-state index contributed by atoms with van der Waals surface area (Å²) in [6, 6.07) is 8.39. The largest absolute Gasteiger partial charge is 0.339 e. The van der Waals surface area contributed by atoms with Crippen molar-refractivity contribution in [2.45, 2.75) is 38.3 Å². The summed E-state index contributed by atoms with van der Waals surface area (Å²) in [4.78, 5) is 17.1. The lowest BCUT2D eigenvalue weighted by atomic mass is 10.0. The molecule has 2 heterocycles. The SMILES string of the molecule is Cl.Cl.NCc1ccc(C(=O)N2CCC(N3CCCC3)CC2)cc1. The fourth-order valence-corrected chi connectivity index (χ4v) is 3.51. The predicted octanol–water partition coefficient (Wildman–Crippen LogP) is 2.69. The van der Waals surface area contributed by atoms with E-state index in [1.165, 1.54) is 25.9 Å². The van der Waals surface area contributed by atoms with Crippen LogP contribution >= 0.6 is 24.8 Å². The first-order valence-electron chi connectivity index (χ1n) is 8.10. The van der Waals surface area contributed by atoms with Crippen LogP contribution in [-0.2, 0) is 6.54 Å². The maximum Gasteiger partial charge on any atom is 0.253 e. The van der Waals surface area contributed by atoms with Crippen molar-refractivity contribution in [1.82, 2.24) is 9.80 Å². The Hall–Kier alpha value is -0.810. The molecule has 0 radical (unpaired) electrons. The Morgan fingerprint density at radius 2 is 1.57 bits per heavy atom. The van der Waals surface area contributed by atoms with Gasteiger partial charge < -0.3 is 15.5 Å². The first-order chi connectivity index (χ1) is 10.3. The highest BCUT2D eigenvalue weighted by molar-refractivity contribution is 5.94. The van der Waals surface area contributed by atoms with Gasteiger partial charge in [0.2, 0.25) is 0 Å². The van der Waals surface area contributed by atoms with Crippen LogP contribution in [0.15, 0.2) is 24.3 Å². The third-order valence-corrected chi connectivity index (χ3v) is 4.85. The van der Waals surface area contributed by atoms with Crippen molar-refractivity contribution in [3.63, 3.8) is 0 Å². The van der Waals surface area contributed by atoms with Crippen molar-refractivity contribution in [2.24, 2.45) is 5.73 Å². The van der Waals surface area contributed by atoms with Gasteiger partial charge in [0.15, 0.2) is 0 Å². The standard InChI is InChI=1S/C17H25N3O.2ClH/c18-13-14-3-5-15(6-4-14)17(21)20-11-7-16(8-12-20)19-9-1-2-10-19;;/h3-6,16H,1-2,7-13,18H2;2*1H. The summed E-state index contributed by atoms with van der Waals surface area (Å²) >= 11 is 0. The van der Waals surface area contributed by atoms with Crippen LogP contribution in [0.25, 0.3) is 0 Å². The zero-order valence-electron chi connectivity index (χ0n) is 13.4. The van der Waals surface area contributed by atoms with Gasteiger partial charge >= 0.3 is 0 Å². The van der Waals surface area contributed by atoms with Gasteiger partial charge in [0.1, 0.15) is 0 Å². The minimum atomic E-state index is 0. The smallest absolute Gasteiger partial charge is 0.253 e. The molecule has 0 aliphatic carbocycles. The van der Waals surface area contributed by atoms with E-state index in [0.29, 0.717) is 12.6 Å². The highest BCUT2D eigenvalue weighted by Crippen LogP contribution is 2.22. The summed E-state index contributed by atoms with van der Waals surface area (Å²) in [5.74, 6) is 0.165. The van der Waals surface area contributed by atoms with E-state index in [-0.39, 0.29) is 30.7 Å². The molecular weight excluding hydrogens is 333 g/mol. The van der Waals surface area contributed by atoms with Gasteiger partial charge in [-0.05, 0) is 56.5 Å². The first-order valence-corrected chi connectivity index (χ1v) is 8.10. The molecule has 2 saturated heterocycles. The van der Waals surface area contributed by atoms with Gasteiger partial charge in [-0.2, -0.15) is 0 Å². The van der Waals surface area contributed by atoms with Crippen LogP contribution in [0.4, 0.5) is 0 Å². The Morgan fingerprint density at radius 1 is 1.00 bits per heavy atom. The number of likely N-dealkylation sites (tertiary alicyclic amines) is 2. The number of piperidine rings is 1. The molecular formula is C17H27Cl2N3O. The van der Waals surface area contributed by atoms with Gasteiger partial charge in [0.05, 0.1) is 0 Å². The molecule has 2 fully saturated rings. The quantitative estimate of drug-likeness (QED) is 0.902. The lowest BCUT2D eigenvalue weighted by molar-refractivity contribution is 0.0644. The Labute approximate surface area is 151 Å². The van der Waals surface area contributed by atoms with Crippen LogP contribution in [0, 0.1) is 0 Å². The molecule has 1 aromatic carbocycles. The van der Waals surface area contributed by atoms with Crippen LogP contribution in [-0.4, -0.2) is 47.9 Å². The minimum absolute atomic E-state index is 0. The molecule has 0 saturated carbocycles. The molecule has 2 aliphatic rings. The molecule has 0 unspecified atom stereocenters. The molecule has 0 bridgehead atoms. The van der Waals surface area contributed by atoms with Gasteiger partial charge in [-0.3, -0.25) is 4.79 Å². The van der Waals surface area contributed by atoms with Crippen molar-refractivity contribution < 1.29 is 4.79 Å². The Kier molecular flexibility index (Phi) is 8.34. The number of nitrogens with zero attached hydrogens (tertiary/aromatic N) is 2. The summed E-state index contributed by atoms with van der Waals surface area (Å²) in [6.07, 6.45) is 4.92. The lowest BCUT2D eigenvalue weighted by Gasteiger charge is -2.36. The van der Waals surface area contributed by atoms with Crippen molar-refractivity contribution >= 4 is 30.7 Å². The predicted molar refractivity (Wildman–Crippen MR) is 98.6 cm³/mol. The van der Waals surface area contributed by atoms with Crippen molar-refractivity contribution in [3.05, 3.63) is 35.4 Å². The zero-order chi connectivity index (χ0) is 14.7. The summed E-state index contributed by atoms with van der Waals surface area (Å²) in [7, 11) is 0. The molecule has 23 heavy (non-hydrogen) atoms. The third-order valence-electron chi connectivity index (χ3n) is 4.85. The van der Waals surface area contributed by atoms with E-state index in [4.69, 9.17) is 5.73 Å². The number of rotatable bonds is 3. The number of benzene rings is 1. The molecule has 0 aromatic heterocycles. The summed E-state index contributed by atoms with van der Waals surface area (Å²) in [5, 5.41) is 0. The number of carbonyl (C=O) groups excluding carboxylic acids is 1. The van der Waals surface area contributed by atoms with E-state index >= 15 is 0 Å². The van der Waals surface area contributed by atoms with Crippen LogP contribution in [0.5, 0.6) is 0 Å². The Balaban J connectivity index is 0.00000132. The average Bonchev–Trinajstić information content (AvgIpc) is 3.09. The van der Waals surface area contributed by atoms with Gasteiger partial charge in [0, 0.05) is 31.2 Å². The number of carbonyl (C=O) groups is 1. The number of hydrogen-bond donors (Lipinski definition) is 1. The van der Waals surface area contributed by atoms with Gasteiger partial charge in [-0.1, -0.05) is 12.1 Å². The van der Waals surface area contributed by atoms with Crippen molar-refractivity contribution in [2.75, 3.05) is 26.2 Å². The second-order valence-corrected chi connectivity index (χ2v) is 6.17. The van der Waals surface area contributed by atoms with Gasteiger partial charge in [-0.15, -0.1) is 24.8 Å². The molecule has 6 heteroatoms. The van der Waals surface area contributed by atoms with E-state index in [1.807, 2.05) is 29.2 Å². The number of hydrogen-bond acceptors (Lipinski definition) is 3. The fraction of sp³-hybridized carbons (Fsp3) is 0.588. The second kappa shape index (κ2) is 9.48. The molecule has 0 spiro atoms. The van der Waals surface area contributed by atoms with E-state index in [1.54, 1.807) is 0 Å². The van der Waals surface area contributed by atoms with Crippen LogP contribution in [0.2, 0.25) is 0 Å². The monoisotopic (exact) mass is 359 g/mol. The lowest BCUT2D eigenvalue weighted by Crippen LogP contribution is -2.45. The van der Waals surface area contributed by atoms with Crippen LogP contribution in [0.1, 0.15) is 41.6 Å². The summed E-state index contributed by atoms with van der Waals surface area (Å²) in [5.41, 5.74) is 7.45. The van der Waals surface area contributed by atoms with Crippen LogP contribution < -0.4 is 5.73 Å². The van der Waals surface area contributed by atoms with E-state index in [9.17, 15) is 4.79 Å². The Bertz CT molecular complexity index is 481. The van der Waals surface area contributed by atoms with Crippen LogP contribution in [0.3, 0.4) is 0 Å². The third kappa shape index (κ3) is 4.83. The topological polar surface area (TPSA) is 49.6 Å². The first kappa shape index (κ1) is 20.2. The maximum absolute atomic E-state index is 12.5. The molecule has 3 rings (SSSR count). The molecule has 2 N–H and O–H groups in total.